The molecular weight excluding hydrogens is 551 g/mol. The average molecular weight is 565 g/mol. The number of hydrazone groups is 1. The van der Waals surface area contributed by atoms with Gasteiger partial charge in [-0.2, -0.15) is 37.2 Å². The SMILES string of the molecule is Cc1cc(S(=O)(=O)O)cc(Cl)c1N=NC1C(=O)N(c2c(C)cc(S(=O)(=O)O)cc2Cl)N=C1C(=O)O. The lowest BCUT2D eigenvalue weighted by Gasteiger charge is -2.17. The number of carboxylic acid groups (broad SMARTS) is 1. The van der Waals surface area contributed by atoms with E-state index in [1.54, 1.807) is 0 Å². The van der Waals surface area contributed by atoms with E-state index in [1.807, 2.05) is 0 Å². The number of aryl methyl sites for hydroxylation is 2. The van der Waals surface area contributed by atoms with Gasteiger partial charge in [0, 0.05) is 0 Å². The van der Waals surface area contributed by atoms with Gasteiger partial charge in [-0.25, -0.2) is 4.79 Å². The molecule has 0 saturated heterocycles. The molecular formula is C18H14Cl2N4O9S2. The van der Waals surface area contributed by atoms with Gasteiger partial charge in [-0.05, 0) is 49.2 Å². The van der Waals surface area contributed by atoms with Crippen LogP contribution in [0.15, 0.2) is 49.4 Å². The van der Waals surface area contributed by atoms with E-state index < -0.39 is 53.7 Å². The van der Waals surface area contributed by atoms with Crippen molar-refractivity contribution in [2.45, 2.75) is 29.7 Å². The van der Waals surface area contributed by atoms with Gasteiger partial charge in [0.2, 0.25) is 6.04 Å². The van der Waals surface area contributed by atoms with E-state index in [4.69, 9.17) is 23.2 Å². The molecule has 3 rings (SSSR count). The predicted molar refractivity (Wildman–Crippen MR) is 123 cm³/mol. The van der Waals surface area contributed by atoms with Crippen LogP contribution < -0.4 is 5.01 Å². The zero-order valence-electron chi connectivity index (χ0n) is 17.5. The van der Waals surface area contributed by atoms with Crippen LogP contribution in [-0.4, -0.2) is 54.7 Å². The molecule has 186 valence electrons. The summed E-state index contributed by atoms with van der Waals surface area (Å²) in [5.41, 5.74) is -0.765. The molecule has 17 heteroatoms. The maximum absolute atomic E-state index is 13.0. The number of amides is 1. The Morgan fingerprint density at radius 1 is 0.971 bits per heavy atom. The molecule has 2 aromatic carbocycles. The Bertz CT molecular complexity index is 1510. The fourth-order valence-electron chi connectivity index (χ4n) is 3.09. The Balaban J connectivity index is 2.05. The Morgan fingerprint density at radius 3 is 1.94 bits per heavy atom. The number of hydrogen-bond acceptors (Lipinski definition) is 9. The molecule has 1 aliphatic rings. The minimum atomic E-state index is -4.61. The van der Waals surface area contributed by atoms with Gasteiger partial charge in [0.25, 0.3) is 26.1 Å². The number of nitrogens with zero attached hydrogens (tertiary/aromatic N) is 4. The minimum absolute atomic E-state index is 0.0734. The normalized spacial score (nSPS) is 16.7. The molecule has 0 saturated carbocycles. The van der Waals surface area contributed by atoms with Crippen molar-refractivity contribution < 1.29 is 40.6 Å². The van der Waals surface area contributed by atoms with E-state index in [2.05, 4.69) is 15.3 Å². The Labute approximate surface area is 208 Å². The first kappa shape index (κ1) is 26.7. The third-order valence-electron chi connectivity index (χ3n) is 4.66. The van der Waals surface area contributed by atoms with Crippen molar-refractivity contribution in [2.24, 2.45) is 15.3 Å². The Kier molecular flexibility index (Phi) is 7.05. The molecule has 0 fully saturated rings. The number of aliphatic carboxylic acids is 1. The van der Waals surface area contributed by atoms with Crippen LogP contribution in [0.3, 0.4) is 0 Å². The highest BCUT2D eigenvalue weighted by Crippen LogP contribution is 2.36. The topological polar surface area (TPSA) is 203 Å². The fraction of sp³-hybridized carbons (Fsp3) is 0.167. The van der Waals surface area contributed by atoms with Crippen molar-refractivity contribution in [3.05, 3.63) is 45.4 Å². The summed E-state index contributed by atoms with van der Waals surface area (Å²) in [4.78, 5) is 23.7. The summed E-state index contributed by atoms with van der Waals surface area (Å²) >= 11 is 12.1. The van der Waals surface area contributed by atoms with Crippen LogP contribution in [0.5, 0.6) is 0 Å². The molecule has 0 spiro atoms. The van der Waals surface area contributed by atoms with Crippen LogP contribution in [0.1, 0.15) is 11.1 Å². The van der Waals surface area contributed by atoms with E-state index >= 15 is 0 Å². The predicted octanol–water partition coefficient (Wildman–Crippen LogP) is 3.04. The number of rotatable bonds is 6. The summed E-state index contributed by atoms with van der Waals surface area (Å²) in [5, 5.41) is 20.8. The second-order valence-corrected chi connectivity index (χ2v) is 10.8. The van der Waals surface area contributed by atoms with Gasteiger partial charge < -0.3 is 5.11 Å². The number of carboxylic acids is 1. The van der Waals surface area contributed by atoms with Gasteiger partial charge in [0.1, 0.15) is 5.69 Å². The molecule has 1 heterocycles. The summed E-state index contributed by atoms with van der Waals surface area (Å²) in [6, 6.07) is 2.05. The lowest BCUT2D eigenvalue weighted by Crippen LogP contribution is -2.33. The van der Waals surface area contributed by atoms with Crippen molar-refractivity contribution in [2.75, 3.05) is 5.01 Å². The third-order valence-corrected chi connectivity index (χ3v) is 6.90. The van der Waals surface area contributed by atoms with Gasteiger partial charge in [-0.15, -0.1) is 0 Å². The fourth-order valence-corrected chi connectivity index (χ4v) is 5.05. The standard InChI is InChI=1S/C18H14Cl2N4O9S2/c1-7-3-9(34(28,29)30)5-11(19)13(7)21-22-14-15(18(26)27)23-24(17(14)25)16-8(2)4-10(6-12(16)20)35(31,32)33/h3-6,14H,1-2H3,(H,26,27)(H,28,29,30)(H,31,32,33). The molecule has 13 nitrogen and oxygen atoms in total. The summed E-state index contributed by atoms with van der Waals surface area (Å²) < 4.78 is 63.9. The van der Waals surface area contributed by atoms with E-state index in [0.29, 0.717) is 5.01 Å². The molecule has 0 aliphatic carbocycles. The summed E-state index contributed by atoms with van der Waals surface area (Å²) in [7, 11) is -9.18. The molecule has 0 bridgehead atoms. The molecule has 3 N–H and O–H groups in total. The van der Waals surface area contributed by atoms with Crippen molar-refractivity contribution in [1.82, 2.24) is 0 Å². The smallest absolute Gasteiger partial charge is 0.355 e. The van der Waals surface area contributed by atoms with E-state index in [0.717, 1.165) is 24.3 Å². The van der Waals surface area contributed by atoms with Gasteiger partial charge in [0.05, 0.1) is 25.5 Å². The lowest BCUT2D eigenvalue weighted by molar-refractivity contribution is -0.130. The highest BCUT2D eigenvalue weighted by atomic mass is 35.5. The van der Waals surface area contributed by atoms with Gasteiger partial charge in [0.15, 0.2) is 5.71 Å². The number of anilines is 1. The first-order chi connectivity index (χ1) is 16.0. The monoisotopic (exact) mass is 564 g/mol. The maximum atomic E-state index is 13.0. The Hall–Kier alpha value is -2.95. The Morgan fingerprint density at radius 2 is 1.49 bits per heavy atom. The molecule has 1 unspecified atom stereocenters. The van der Waals surface area contributed by atoms with Crippen LogP contribution >= 0.6 is 23.2 Å². The summed E-state index contributed by atoms with van der Waals surface area (Å²) in [5.74, 6) is -2.61. The van der Waals surface area contributed by atoms with Crippen LogP contribution in [0.2, 0.25) is 10.0 Å². The van der Waals surface area contributed by atoms with Crippen molar-refractivity contribution in [1.29, 1.82) is 0 Å². The van der Waals surface area contributed by atoms with E-state index in [1.165, 1.54) is 13.8 Å². The molecule has 1 atom stereocenters. The first-order valence-corrected chi connectivity index (χ1v) is 12.8. The average Bonchev–Trinajstić information content (AvgIpc) is 3.02. The molecule has 0 aromatic heterocycles. The van der Waals surface area contributed by atoms with Crippen molar-refractivity contribution in [3.63, 3.8) is 0 Å². The third kappa shape index (κ3) is 5.34. The second kappa shape index (κ2) is 9.25. The van der Waals surface area contributed by atoms with Crippen LogP contribution in [0.4, 0.5) is 11.4 Å². The molecule has 0 radical (unpaired) electrons. The maximum Gasteiger partial charge on any atom is 0.355 e. The van der Waals surface area contributed by atoms with Crippen molar-refractivity contribution >= 4 is 72.4 Å². The summed E-state index contributed by atoms with van der Waals surface area (Å²) in [6.07, 6.45) is 0. The van der Waals surface area contributed by atoms with Crippen molar-refractivity contribution in [3.8, 4) is 0 Å². The molecule has 1 amide bonds. The van der Waals surface area contributed by atoms with Crippen LogP contribution in [-0.2, 0) is 29.8 Å². The molecule has 2 aromatic rings. The number of benzene rings is 2. The number of carbonyl (C=O) groups excluding carboxylic acids is 1. The van der Waals surface area contributed by atoms with Gasteiger partial charge in [-0.3, -0.25) is 13.9 Å². The minimum Gasteiger partial charge on any atom is -0.477 e. The number of carbonyl (C=O) groups is 2. The van der Waals surface area contributed by atoms with Crippen LogP contribution in [0, 0.1) is 13.8 Å². The van der Waals surface area contributed by atoms with Gasteiger partial charge >= 0.3 is 5.97 Å². The largest absolute Gasteiger partial charge is 0.477 e. The zero-order chi connectivity index (χ0) is 26.5. The quantitative estimate of drug-likeness (QED) is 0.347. The second-order valence-electron chi connectivity index (χ2n) is 7.15. The molecule has 1 aliphatic heterocycles. The summed E-state index contributed by atoms with van der Waals surface area (Å²) in [6.45, 7) is 2.75. The van der Waals surface area contributed by atoms with Gasteiger partial charge in [-0.1, -0.05) is 23.2 Å². The van der Waals surface area contributed by atoms with E-state index in [9.17, 15) is 40.6 Å². The zero-order valence-corrected chi connectivity index (χ0v) is 20.7. The first-order valence-electron chi connectivity index (χ1n) is 9.14. The lowest BCUT2D eigenvalue weighted by atomic mass is 10.1. The highest BCUT2D eigenvalue weighted by molar-refractivity contribution is 7.86. The number of halogens is 2. The number of azo groups is 1. The number of hydrogen-bond donors (Lipinski definition) is 3. The highest BCUT2D eigenvalue weighted by Gasteiger charge is 2.42. The van der Waals surface area contributed by atoms with Crippen LogP contribution in [0.25, 0.3) is 0 Å². The molecule has 35 heavy (non-hydrogen) atoms. The van der Waals surface area contributed by atoms with E-state index in [-0.39, 0.29) is 32.5 Å².